The highest BCUT2D eigenvalue weighted by Gasteiger charge is 2.44. The van der Waals surface area contributed by atoms with E-state index in [4.69, 9.17) is 0 Å². The predicted molar refractivity (Wildman–Crippen MR) is 75.1 cm³/mol. The summed E-state index contributed by atoms with van der Waals surface area (Å²) in [4.78, 5) is 29.6. The Hall–Kier alpha value is -2.22. The summed E-state index contributed by atoms with van der Waals surface area (Å²) in [5.74, 6) is -1.05. The molecule has 1 aliphatic heterocycles. The SMILES string of the molecule is O=C(c1cscn1)N1CCC(C(=O)O)(n2cccn2)CC1. The first kappa shape index (κ1) is 13.7. The number of carbonyl (C=O) groups excluding carboxylic acids is 1. The zero-order valence-corrected chi connectivity index (χ0v) is 12.0. The summed E-state index contributed by atoms with van der Waals surface area (Å²) in [5.41, 5.74) is 0.965. The van der Waals surface area contributed by atoms with Crippen molar-refractivity contribution in [3.8, 4) is 0 Å². The maximum atomic E-state index is 12.2. The average Bonchev–Trinajstić information content (AvgIpc) is 3.19. The quantitative estimate of drug-likeness (QED) is 0.916. The second-order valence-electron chi connectivity index (χ2n) is 4.95. The Morgan fingerprint density at radius 2 is 2.10 bits per heavy atom. The molecule has 8 heteroatoms. The molecule has 1 amide bonds. The number of hydrogen-bond acceptors (Lipinski definition) is 5. The molecule has 21 heavy (non-hydrogen) atoms. The van der Waals surface area contributed by atoms with Crippen molar-refractivity contribution in [1.82, 2.24) is 19.7 Å². The predicted octanol–water partition coefficient (Wildman–Crippen LogP) is 1.06. The first-order valence-electron chi connectivity index (χ1n) is 6.54. The summed E-state index contributed by atoms with van der Waals surface area (Å²) < 4.78 is 1.49. The Morgan fingerprint density at radius 3 is 2.62 bits per heavy atom. The van der Waals surface area contributed by atoms with Gasteiger partial charge in [-0.15, -0.1) is 11.3 Å². The van der Waals surface area contributed by atoms with Crippen LogP contribution in [0.15, 0.2) is 29.4 Å². The minimum absolute atomic E-state index is 0.143. The van der Waals surface area contributed by atoms with Crippen molar-refractivity contribution < 1.29 is 14.7 Å². The van der Waals surface area contributed by atoms with Gasteiger partial charge in [0.2, 0.25) is 0 Å². The number of rotatable bonds is 3. The topological polar surface area (TPSA) is 88.3 Å². The van der Waals surface area contributed by atoms with Gasteiger partial charge in [-0.05, 0) is 6.07 Å². The molecule has 0 aromatic carbocycles. The van der Waals surface area contributed by atoms with Crippen molar-refractivity contribution in [2.45, 2.75) is 18.4 Å². The molecule has 0 radical (unpaired) electrons. The van der Waals surface area contributed by atoms with Gasteiger partial charge in [-0.1, -0.05) is 0 Å². The molecule has 2 aromatic rings. The van der Waals surface area contributed by atoms with Gasteiger partial charge in [0.05, 0.1) is 5.51 Å². The molecular formula is C13H14N4O3S. The van der Waals surface area contributed by atoms with Crippen LogP contribution in [-0.4, -0.2) is 49.7 Å². The number of amides is 1. The molecule has 7 nitrogen and oxygen atoms in total. The number of carboxylic acids is 1. The van der Waals surface area contributed by atoms with Crippen molar-refractivity contribution in [2.75, 3.05) is 13.1 Å². The molecule has 0 saturated carbocycles. The maximum absolute atomic E-state index is 12.2. The third kappa shape index (κ3) is 2.31. The van der Waals surface area contributed by atoms with E-state index in [1.54, 1.807) is 34.3 Å². The normalized spacial score (nSPS) is 17.6. The largest absolute Gasteiger partial charge is 0.479 e. The smallest absolute Gasteiger partial charge is 0.331 e. The molecule has 0 atom stereocenters. The van der Waals surface area contributed by atoms with Crippen LogP contribution in [0.25, 0.3) is 0 Å². The molecule has 1 saturated heterocycles. The van der Waals surface area contributed by atoms with E-state index < -0.39 is 11.5 Å². The van der Waals surface area contributed by atoms with Crippen LogP contribution in [0.5, 0.6) is 0 Å². The molecule has 2 aromatic heterocycles. The number of hydrogen-bond donors (Lipinski definition) is 1. The Labute approximate surface area is 124 Å². The Morgan fingerprint density at radius 1 is 1.33 bits per heavy atom. The van der Waals surface area contributed by atoms with E-state index in [0.29, 0.717) is 31.6 Å². The van der Waals surface area contributed by atoms with E-state index in [1.807, 2.05) is 0 Å². The highest BCUT2D eigenvalue weighted by Crippen LogP contribution is 2.30. The summed E-state index contributed by atoms with van der Waals surface area (Å²) in [7, 11) is 0. The lowest BCUT2D eigenvalue weighted by Crippen LogP contribution is -2.52. The molecule has 0 bridgehead atoms. The standard InChI is InChI=1S/C13H14N4O3S/c18-11(10-8-21-9-14-10)16-6-2-13(3-7-16,12(19)20)17-5-1-4-15-17/h1,4-5,8-9H,2-3,6-7H2,(H,19,20). The van der Waals surface area contributed by atoms with Gasteiger partial charge >= 0.3 is 5.97 Å². The summed E-state index contributed by atoms with van der Waals surface area (Å²) in [6.45, 7) is 0.755. The summed E-state index contributed by atoms with van der Waals surface area (Å²) in [6.07, 6.45) is 3.89. The van der Waals surface area contributed by atoms with Gasteiger partial charge in [-0.2, -0.15) is 5.10 Å². The van der Waals surface area contributed by atoms with Crippen molar-refractivity contribution >= 4 is 23.2 Å². The highest BCUT2D eigenvalue weighted by atomic mass is 32.1. The molecule has 3 heterocycles. The second-order valence-corrected chi connectivity index (χ2v) is 5.67. The Kier molecular flexibility index (Phi) is 3.46. The summed E-state index contributed by atoms with van der Waals surface area (Å²) in [6, 6.07) is 1.71. The van der Waals surface area contributed by atoms with Crippen LogP contribution in [0.4, 0.5) is 0 Å². The zero-order chi connectivity index (χ0) is 14.9. The van der Waals surface area contributed by atoms with Gasteiger partial charge in [0.15, 0.2) is 5.54 Å². The minimum atomic E-state index is -1.07. The molecule has 1 fully saturated rings. The van der Waals surface area contributed by atoms with E-state index in [2.05, 4.69) is 10.1 Å². The molecule has 0 aliphatic carbocycles. The van der Waals surface area contributed by atoms with Crippen LogP contribution >= 0.6 is 11.3 Å². The number of carboxylic acid groups (broad SMARTS) is 1. The third-order valence-electron chi connectivity index (χ3n) is 3.87. The molecular weight excluding hydrogens is 292 g/mol. The van der Waals surface area contributed by atoms with Gasteiger partial charge in [0.1, 0.15) is 5.69 Å². The van der Waals surface area contributed by atoms with E-state index in [9.17, 15) is 14.7 Å². The number of carbonyl (C=O) groups is 2. The van der Waals surface area contributed by atoms with Gasteiger partial charge in [-0.3, -0.25) is 9.48 Å². The van der Waals surface area contributed by atoms with E-state index in [1.165, 1.54) is 16.0 Å². The minimum Gasteiger partial charge on any atom is -0.479 e. The highest BCUT2D eigenvalue weighted by molar-refractivity contribution is 7.07. The Balaban J connectivity index is 1.77. The van der Waals surface area contributed by atoms with Gasteiger partial charge in [-0.25, -0.2) is 9.78 Å². The van der Waals surface area contributed by atoms with Crippen molar-refractivity contribution in [1.29, 1.82) is 0 Å². The van der Waals surface area contributed by atoms with Crippen molar-refractivity contribution in [3.05, 3.63) is 35.0 Å². The van der Waals surface area contributed by atoms with Crippen LogP contribution in [0, 0.1) is 0 Å². The van der Waals surface area contributed by atoms with Gasteiger partial charge in [0, 0.05) is 43.7 Å². The van der Waals surface area contributed by atoms with Crippen LogP contribution < -0.4 is 0 Å². The van der Waals surface area contributed by atoms with Crippen LogP contribution in [-0.2, 0) is 10.3 Å². The molecule has 110 valence electrons. The maximum Gasteiger partial charge on any atom is 0.331 e. The number of piperidine rings is 1. The average molecular weight is 306 g/mol. The van der Waals surface area contributed by atoms with Crippen molar-refractivity contribution in [3.63, 3.8) is 0 Å². The monoisotopic (exact) mass is 306 g/mol. The number of aliphatic carboxylic acids is 1. The third-order valence-corrected chi connectivity index (χ3v) is 4.46. The molecule has 0 spiro atoms. The molecule has 1 N–H and O–H groups in total. The number of aromatic nitrogens is 3. The summed E-state index contributed by atoms with van der Waals surface area (Å²) >= 11 is 1.37. The lowest BCUT2D eigenvalue weighted by Gasteiger charge is -2.38. The molecule has 1 aliphatic rings. The molecule has 3 rings (SSSR count). The molecule has 0 unspecified atom stereocenters. The first-order chi connectivity index (χ1) is 10.1. The number of likely N-dealkylation sites (tertiary alicyclic amines) is 1. The first-order valence-corrected chi connectivity index (χ1v) is 7.49. The van der Waals surface area contributed by atoms with Gasteiger partial charge < -0.3 is 10.0 Å². The van der Waals surface area contributed by atoms with E-state index in [-0.39, 0.29) is 5.91 Å². The van der Waals surface area contributed by atoms with Gasteiger partial charge in [0.25, 0.3) is 5.91 Å². The van der Waals surface area contributed by atoms with Crippen LogP contribution in [0.3, 0.4) is 0 Å². The van der Waals surface area contributed by atoms with E-state index in [0.717, 1.165) is 0 Å². The lowest BCUT2D eigenvalue weighted by atomic mass is 9.87. The fraction of sp³-hybridized carbons (Fsp3) is 0.385. The van der Waals surface area contributed by atoms with Crippen LogP contribution in [0.1, 0.15) is 23.3 Å². The fourth-order valence-corrected chi connectivity index (χ4v) is 3.15. The van der Waals surface area contributed by atoms with E-state index >= 15 is 0 Å². The van der Waals surface area contributed by atoms with Crippen molar-refractivity contribution in [2.24, 2.45) is 0 Å². The number of thiazole rings is 1. The number of nitrogens with zero attached hydrogens (tertiary/aromatic N) is 4. The summed E-state index contributed by atoms with van der Waals surface area (Å²) in [5, 5.41) is 15.4. The second kappa shape index (κ2) is 5.28. The van der Waals surface area contributed by atoms with Crippen LogP contribution in [0.2, 0.25) is 0 Å². The lowest BCUT2D eigenvalue weighted by molar-refractivity contribution is -0.150. The Bertz CT molecular complexity index is 630. The zero-order valence-electron chi connectivity index (χ0n) is 11.2. The fourth-order valence-electron chi connectivity index (χ4n) is 2.62.